The van der Waals surface area contributed by atoms with Gasteiger partial charge < -0.3 is 15.4 Å². The third-order valence-electron chi connectivity index (χ3n) is 3.79. The topological polar surface area (TPSA) is 67.4 Å². The molecule has 25 heavy (non-hydrogen) atoms. The van der Waals surface area contributed by atoms with Crippen LogP contribution in [0.1, 0.15) is 41.0 Å². The predicted octanol–water partition coefficient (Wildman–Crippen LogP) is 4.13. The number of carbonyl (C=O) groups is 2. The highest BCUT2D eigenvalue weighted by atomic mass is 35.5. The summed E-state index contributed by atoms with van der Waals surface area (Å²) >= 11 is 5.97. The summed E-state index contributed by atoms with van der Waals surface area (Å²) in [6.45, 7) is 3.92. The first-order chi connectivity index (χ1) is 11.9. The van der Waals surface area contributed by atoms with Crippen LogP contribution in [0.2, 0.25) is 5.02 Å². The molecule has 1 atom stereocenters. The molecule has 0 aliphatic heterocycles. The summed E-state index contributed by atoms with van der Waals surface area (Å²) in [6, 6.07) is 11.6. The summed E-state index contributed by atoms with van der Waals surface area (Å²) in [5.74, 6) is -0.0495. The zero-order valence-corrected chi connectivity index (χ0v) is 15.2. The lowest BCUT2D eigenvalue weighted by molar-refractivity contribution is 0.0939. The number of halogens is 1. The van der Waals surface area contributed by atoms with Crippen molar-refractivity contribution in [3.8, 4) is 5.75 Å². The van der Waals surface area contributed by atoms with Crippen molar-refractivity contribution in [2.45, 2.75) is 26.3 Å². The van der Waals surface area contributed by atoms with Crippen LogP contribution in [0.25, 0.3) is 0 Å². The molecule has 0 bridgehead atoms. The molecule has 0 aliphatic rings. The molecular formula is C19H21ClN2O3. The maximum absolute atomic E-state index is 12.5. The lowest BCUT2D eigenvalue weighted by Gasteiger charge is -2.13. The van der Waals surface area contributed by atoms with Crippen LogP contribution < -0.4 is 15.4 Å². The highest BCUT2D eigenvalue weighted by Gasteiger charge is 2.14. The molecule has 0 fully saturated rings. The van der Waals surface area contributed by atoms with Gasteiger partial charge in [-0.1, -0.05) is 24.6 Å². The van der Waals surface area contributed by atoms with Crippen molar-refractivity contribution in [1.29, 1.82) is 0 Å². The van der Waals surface area contributed by atoms with Gasteiger partial charge in [-0.2, -0.15) is 0 Å². The minimum absolute atomic E-state index is 0.0701. The van der Waals surface area contributed by atoms with Gasteiger partial charge in [0, 0.05) is 22.2 Å². The number of amides is 2. The van der Waals surface area contributed by atoms with E-state index in [1.54, 1.807) is 42.5 Å². The molecule has 2 amide bonds. The number of hydrogen-bond donors (Lipinski definition) is 2. The zero-order valence-electron chi connectivity index (χ0n) is 14.4. The van der Waals surface area contributed by atoms with Gasteiger partial charge in [-0.15, -0.1) is 0 Å². The first-order valence-electron chi connectivity index (χ1n) is 8.00. The molecule has 1 unspecified atom stereocenters. The van der Waals surface area contributed by atoms with E-state index in [1.807, 2.05) is 13.8 Å². The smallest absolute Gasteiger partial charge is 0.255 e. The van der Waals surface area contributed by atoms with Crippen LogP contribution >= 0.6 is 11.6 Å². The molecule has 0 saturated heterocycles. The van der Waals surface area contributed by atoms with Crippen LogP contribution in [0.15, 0.2) is 42.5 Å². The highest BCUT2D eigenvalue weighted by molar-refractivity contribution is 6.31. The molecular weight excluding hydrogens is 340 g/mol. The van der Waals surface area contributed by atoms with E-state index in [4.69, 9.17) is 16.3 Å². The molecule has 0 aliphatic carbocycles. The van der Waals surface area contributed by atoms with Gasteiger partial charge in [-0.25, -0.2) is 0 Å². The van der Waals surface area contributed by atoms with E-state index in [0.717, 1.165) is 6.42 Å². The Balaban J connectivity index is 2.19. The molecule has 2 aromatic rings. The second-order valence-corrected chi connectivity index (χ2v) is 6.10. The van der Waals surface area contributed by atoms with Crippen LogP contribution in [0.4, 0.5) is 5.69 Å². The second kappa shape index (κ2) is 8.53. The monoisotopic (exact) mass is 360 g/mol. The maximum Gasteiger partial charge on any atom is 0.255 e. The standard InChI is InChI=1S/C19H21ClN2O3/c1-4-12(2)21-18(23)13-6-5-7-14(10-13)19(24)22-16-11-15(20)8-9-17(16)25-3/h5-12H,4H2,1-3H3,(H,21,23)(H,22,24). The number of benzene rings is 2. The summed E-state index contributed by atoms with van der Waals surface area (Å²) in [6.07, 6.45) is 0.834. The SMILES string of the molecule is CCC(C)NC(=O)c1cccc(C(=O)Nc2cc(Cl)ccc2OC)c1. The number of methoxy groups -OCH3 is 1. The van der Waals surface area contributed by atoms with Crippen molar-refractivity contribution < 1.29 is 14.3 Å². The zero-order chi connectivity index (χ0) is 18.4. The van der Waals surface area contributed by atoms with E-state index in [9.17, 15) is 9.59 Å². The molecule has 132 valence electrons. The van der Waals surface area contributed by atoms with Crippen molar-refractivity contribution in [3.63, 3.8) is 0 Å². The Morgan fingerprint density at radius 3 is 2.44 bits per heavy atom. The molecule has 0 aromatic heterocycles. The van der Waals surface area contributed by atoms with Gasteiger partial charge in [0.25, 0.3) is 11.8 Å². The molecule has 0 saturated carbocycles. The quantitative estimate of drug-likeness (QED) is 0.813. The van der Waals surface area contributed by atoms with E-state index in [1.165, 1.54) is 7.11 Å². The van der Waals surface area contributed by atoms with Gasteiger partial charge in [0.05, 0.1) is 12.8 Å². The molecule has 2 N–H and O–H groups in total. The number of anilines is 1. The van der Waals surface area contributed by atoms with Crippen LogP contribution in [0.5, 0.6) is 5.75 Å². The van der Waals surface area contributed by atoms with Gasteiger partial charge in [0.1, 0.15) is 5.75 Å². The van der Waals surface area contributed by atoms with Crippen molar-refractivity contribution in [3.05, 3.63) is 58.6 Å². The fourth-order valence-corrected chi connectivity index (χ4v) is 2.36. The van der Waals surface area contributed by atoms with Crippen LogP contribution in [0, 0.1) is 0 Å². The Hall–Kier alpha value is -2.53. The van der Waals surface area contributed by atoms with Gasteiger partial charge in [0.15, 0.2) is 0 Å². The van der Waals surface area contributed by atoms with Crippen molar-refractivity contribution in [1.82, 2.24) is 5.32 Å². The fraction of sp³-hybridized carbons (Fsp3) is 0.263. The molecule has 0 spiro atoms. The predicted molar refractivity (Wildman–Crippen MR) is 99.6 cm³/mol. The highest BCUT2D eigenvalue weighted by Crippen LogP contribution is 2.28. The Kier molecular flexibility index (Phi) is 6.42. The van der Waals surface area contributed by atoms with E-state index in [-0.39, 0.29) is 17.9 Å². The third-order valence-corrected chi connectivity index (χ3v) is 4.02. The Morgan fingerprint density at radius 2 is 1.80 bits per heavy atom. The van der Waals surface area contributed by atoms with E-state index in [2.05, 4.69) is 10.6 Å². The van der Waals surface area contributed by atoms with Gasteiger partial charge in [-0.3, -0.25) is 9.59 Å². The Bertz CT molecular complexity index is 777. The minimum Gasteiger partial charge on any atom is -0.495 e. The lowest BCUT2D eigenvalue weighted by atomic mass is 10.1. The van der Waals surface area contributed by atoms with Crippen molar-refractivity contribution in [2.75, 3.05) is 12.4 Å². The summed E-state index contributed by atoms with van der Waals surface area (Å²) in [7, 11) is 1.51. The Morgan fingerprint density at radius 1 is 1.12 bits per heavy atom. The van der Waals surface area contributed by atoms with Crippen molar-refractivity contribution in [2.24, 2.45) is 0 Å². The summed E-state index contributed by atoms with van der Waals surface area (Å²) < 4.78 is 5.22. The van der Waals surface area contributed by atoms with E-state index < -0.39 is 0 Å². The first-order valence-corrected chi connectivity index (χ1v) is 8.38. The van der Waals surface area contributed by atoms with E-state index >= 15 is 0 Å². The number of hydrogen-bond acceptors (Lipinski definition) is 3. The second-order valence-electron chi connectivity index (χ2n) is 5.66. The maximum atomic E-state index is 12.5. The molecule has 2 rings (SSSR count). The summed E-state index contributed by atoms with van der Waals surface area (Å²) in [5.41, 5.74) is 1.28. The van der Waals surface area contributed by atoms with Crippen molar-refractivity contribution >= 4 is 29.1 Å². The molecule has 0 radical (unpaired) electrons. The average molecular weight is 361 g/mol. The number of carbonyl (C=O) groups excluding carboxylic acids is 2. The average Bonchev–Trinajstić information content (AvgIpc) is 2.61. The van der Waals surface area contributed by atoms with Crippen LogP contribution in [0.3, 0.4) is 0 Å². The largest absolute Gasteiger partial charge is 0.495 e. The fourth-order valence-electron chi connectivity index (χ4n) is 2.18. The number of rotatable bonds is 6. The minimum atomic E-state index is -0.348. The Labute approximate surface area is 152 Å². The van der Waals surface area contributed by atoms with Gasteiger partial charge in [-0.05, 0) is 49.7 Å². The summed E-state index contributed by atoms with van der Waals surface area (Å²) in [4.78, 5) is 24.7. The lowest BCUT2D eigenvalue weighted by Crippen LogP contribution is -2.32. The number of nitrogens with one attached hydrogen (secondary N) is 2. The van der Waals surface area contributed by atoms with Gasteiger partial charge >= 0.3 is 0 Å². The van der Waals surface area contributed by atoms with Gasteiger partial charge in [0.2, 0.25) is 0 Å². The van der Waals surface area contributed by atoms with E-state index in [0.29, 0.717) is 27.6 Å². The molecule has 6 heteroatoms. The van der Waals surface area contributed by atoms with Crippen LogP contribution in [-0.2, 0) is 0 Å². The first kappa shape index (κ1) is 18.8. The molecule has 5 nitrogen and oxygen atoms in total. The summed E-state index contributed by atoms with van der Waals surface area (Å²) in [5, 5.41) is 6.12. The third kappa shape index (κ3) is 4.97. The van der Waals surface area contributed by atoms with Crippen LogP contribution in [-0.4, -0.2) is 25.0 Å². The number of ether oxygens (including phenoxy) is 1. The normalized spacial score (nSPS) is 11.5. The molecule has 2 aromatic carbocycles. The molecule has 0 heterocycles.